The molecule has 0 aliphatic rings. The maximum absolute atomic E-state index is 4.14. The number of unbranched alkanes of at least 4 members (excludes halogenated alkanes) is 1. The van der Waals surface area contributed by atoms with Crippen molar-refractivity contribution in [3.63, 3.8) is 0 Å². The molecular formula is C45H65N3. The van der Waals surface area contributed by atoms with Crippen molar-refractivity contribution < 1.29 is 0 Å². The van der Waals surface area contributed by atoms with Crippen molar-refractivity contribution in [3.8, 4) is 12.0 Å². The molecule has 3 rings (SSSR count). The summed E-state index contributed by atoms with van der Waals surface area (Å²) >= 11 is 0. The molecule has 0 saturated carbocycles. The molecule has 0 bridgehead atoms. The summed E-state index contributed by atoms with van der Waals surface area (Å²) in [6.07, 6.45) is 10.0. The van der Waals surface area contributed by atoms with Gasteiger partial charge in [-0.3, -0.25) is 0 Å². The molecule has 260 valence electrons. The third-order valence-corrected chi connectivity index (χ3v) is 7.57. The van der Waals surface area contributed by atoms with Gasteiger partial charge in [0.25, 0.3) is 0 Å². The number of nitrogens with one attached hydrogen (secondary N) is 1. The minimum atomic E-state index is 0.544. The Morgan fingerprint density at radius 2 is 1.46 bits per heavy atom. The molecule has 3 nitrogen and oxygen atoms in total. The van der Waals surface area contributed by atoms with Gasteiger partial charge in [-0.15, -0.1) is 13.2 Å². The van der Waals surface area contributed by atoms with Gasteiger partial charge in [0, 0.05) is 48.4 Å². The van der Waals surface area contributed by atoms with E-state index in [1.165, 1.54) is 33.5 Å². The molecular weight excluding hydrogens is 583 g/mol. The summed E-state index contributed by atoms with van der Waals surface area (Å²) in [7, 11) is 0. The Kier molecular flexibility index (Phi) is 25.3. The lowest BCUT2D eigenvalue weighted by Gasteiger charge is -2.33. The fourth-order valence-corrected chi connectivity index (χ4v) is 5.20. The average Bonchev–Trinajstić information content (AvgIpc) is 3.12. The normalized spacial score (nSPS) is 11.6. The van der Waals surface area contributed by atoms with Crippen molar-refractivity contribution in [2.75, 3.05) is 18.4 Å². The van der Waals surface area contributed by atoms with E-state index in [0.29, 0.717) is 5.92 Å². The molecule has 0 spiro atoms. The molecule has 3 aromatic rings. The highest BCUT2D eigenvalue weighted by Crippen LogP contribution is 2.31. The molecule has 0 amide bonds. The molecule has 1 atom stereocenters. The fourth-order valence-electron chi connectivity index (χ4n) is 5.20. The third-order valence-electron chi connectivity index (χ3n) is 7.57. The highest BCUT2D eigenvalue weighted by molar-refractivity contribution is 5.94. The second-order valence-corrected chi connectivity index (χ2v) is 11.2. The second kappa shape index (κ2) is 27.8. The lowest BCUT2D eigenvalue weighted by molar-refractivity contribution is 0.326. The molecule has 0 aliphatic carbocycles. The molecule has 0 aromatic heterocycles. The largest absolute Gasteiger partial charge is 0.371 e. The number of allylic oxidation sites excluding steroid dienone is 3. The zero-order valence-corrected chi connectivity index (χ0v) is 32.0. The van der Waals surface area contributed by atoms with Crippen molar-refractivity contribution in [1.29, 1.82) is 0 Å². The van der Waals surface area contributed by atoms with E-state index >= 15 is 0 Å². The van der Waals surface area contributed by atoms with E-state index in [2.05, 4.69) is 162 Å². The molecule has 0 fully saturated rings. The molecule has 0 aliphatic heterocycles. The zero-order chi connectivity index (χ0) is 36.2. The van der Waals surface area contributed by atoms with Gasteiger partial charge in [0.05, 0.1) is 0 Å². The number of rotatable bonds is 12. The van der Waals surface area contributed by atoms with Crippen LogP contribution in [0.25, 0.3) is 5.57 Å². The SMILES string of the molecule is C/C=C(/C(=C\CC)N(CCC)CC(CC)c1ccccc1)c1ccccc1C.C=C.CC.CCCC#CN=C(C)Nc1ccccc1C. The van der Waals surface area contributed by atoms with E-state index in [4.69, 9.17) is 0 Å². The Morgan fingerprint density at radius 1 is 0.854 bits per heavy atom. The summed E-state index contributed by atoms with van der Waals surface area (Å²) in [5.74, 6) is 4.36. The standard InChI is InChI=1S/C27H37N.C14H18N2.C2H6.C2H4/c1-6-15-27(25(9-4)26-19-14-13-16-22(26)5)28(20-7-2)21-23(8-3)24-17-11-10-12-18-24;1-4-5-8-11-15-13(3)16-14-10-7-6-9-12(14)2;2*1-2/h9-19,23H,6-8,20-21H2,1-5H3;6-7,9-10H,4-5H2,1-3H3,(H,15,16);1-2H3;1-2H2/b25-9+,27-15+;;;. The number of hydrogen-bond acceptors (Lipinski definition) is 2. The van der Waals surface area contributed by atoms with Gasteiger partial charge in [0.2, 0.25) is 0 Å². The number of para-hydroxylation sites is 1. The lowest BCUT2D eigenvalue weighted by atomic mass is 9.93. The van der Waals surface area contributed by atoms with E-state index in [1.54, 1.807) is 0 Å². The van der Waals surface area contributed by atoms with Gasteiger partial charge < -0.3 is 10.2 Å². The van der Waals surface area contributed by atoms with Gasteiger partial charge in [0.1, 0.15) is 5.84 Å². The van der Waals surface area contributed by atoms with Crippen molar-refractivity contribution in [3.05, 3.63) is 132 Å². The summed E-state index contributed by atoms with van der Waals surface area (Å²) in [6.45, 7) is 29.5. The Hall–Kier alpha value is -4.29. The first-order valence-electron chi connectivity index (χ1n) is 18.0. The Morgan fingerprint density at radius 3 is 2.00 bits per heavy atom. The summed E-state index contributed by atoms with van der Waals surface area (Å²) in [4.78, 5) is 6.76. The van der Waals surface area contributed by atoms with Crippen LogP contribution in [0.1, 0.15) is 116 Å². The fraction of sp³-hybridized carbons (Fsp3) is 0.400. The predicted octanol–water partition coefficient (Wildman–Crippen LogP) is 13.0. The van der Waals surface area contributed by atoms with E-state index in [1.807, 2.05) is 39.0 Å². The van der Waals surface area contributed by atoms with E-state index < -0.39 is 0 Å². The second-order valence-electron chi connectivity index (χ2n) is 11.2. The van der Waals surface area contributed by atoms with Gasteiger partial charge in [-0.05, 0) is 81.7 Å². The Bertz CT molecular complexity index is 1420. The van der Waals surface area contributed by atoms with Crippen molar-refractivity contribution in [2.24, 2.45) is 4.99 Å². The van der Waals surface area contributed by atoms with Gasteiger partial charge in [0.15, 0.2) is 0 Å². The number of hydrogen-bond donors (Lipinski definition) is 1. The lowest BCUT2D eigenvalue weighted by Crippen LogP contribution is -2.29. The smallest absolute Gasteiger partial charge is 0.114 e. The first-order chi connectivity index (χ1) is 23.4. The monoisotopic (exact) mass is 648 g/mol. The van der Waals surface area contributed by atoms with Crippen LogP contribution in [0, 0.1) is 25.8 Å². The average molecular weight is 648 g/mol. The summed E-state index contributed by atoms with van der Waals surface area (Å²) in [6, 6.07) is 30.7. The quantitative estimate of drug-likeness (QED) is 0.0696. The van der Waals surface area contributed by atoms with Crippen LogP contribution in [0.3, 0.4) is 0 Å². The number of amidine groups is 1. The molecule has 3 heteroatoms. The van der Waals surface area contributed by atoms with E-state index in [-0.39, 0.29) is 0 Å². The molecule has 48 heavy (non-hydrogen) atoms. The maximum atomic E-state index is 4.14. The van der Waals surface area contributed by atoms with Gasteiger partial charge >= 0.3 is 0 Å². The van der Waals surface area contributed by atoms with Crippen LogP contribution in [0.15, 0.2) is 115 Å². The van der Waals surface area contributed by atoms with Crippen LogP contribution in [0.2, 0.25) is 0 Å². The minimum absolute atomic E-state index is 0.544. The molecule has 0 saturated heterocycles. The van der Waals surface area contributed by atoms with Crippen LogP contribution in [0.4, 0.5) is 5.69 Å². The number of nitrogens with zero attached hydrogens (tertiary/aromatic N) is 2. The van der Waals surface area contributed by atoms with E-state index in [0.717, 1.165) is 56.7 Å². The number of aryl methyl sites for hydroxylation is 2. The number of benzene rings is 3. The minimum Gasteiger partial charge on any atom is -0.371 e. The molecule has 0 radical (unpaired) electrons. The van der Waals surface area contributed by atoms with Gasteiger partial charge in [-0.2, -0.15) is 4.99 Å². The van der Waals surface area contributed by atoms with Crippen LogP contribution in [0.5, 0.6) is 0 Å². The predicted molar refractivity (Wildman–Crippen MR) is 218 cm³/mol. The molecule has 0 heterocycles. The molecule has 1 N–H and O–H groups in total. The van der Waals surface area contributed by atoms with Gasteiger partial charge in [-0.1, -0.05) is 132 Å². The first-order valence-corrected chi connectivity index (χ1v) is 18.0. The number of anilines is 1. The summed E-state index contributed by atoms with van der Waals surface area (Å²) in [5.41, 5.74) is 9.16. The first kappa shape index (κ1) is 43.7. The van der Waals surface area contributed by atoms with E-state index in [9.17, 15) is 0 Å². The molecule has 3 aromatic carbocycles. The Labute approximate surface area is 296 Å². The zero-order valence-electron chi connectivity index (χ0n) is 32.0. The van der Waals surface area contributed by atoms with Crippen molar-refractivity contribution >= 4 is 17.1 Å². The van der Waals surface area contributed by atoms with Crippen molar-refractivity contribution in [2.45, 2.75) is 107 Å². The van der Waals surface area contributed by atoms with Gasteiger partial charge in [-0.25, -0.2) is 0 Å². The summed E-state index contributed by atoms with van der Waals surface area (Å²) in [5, 5.41) is 3.23. The Balaban J connectivity index is 0.000000937. The van der Waals surface area contributed by atoms with Crippen LogP contribution in [-0.4, -0.2) is 23.8 Å². The highest BCUT2D eigenvalue weighted by atomic mass is 15.1. The summed E-state index contributed by atoms with van der Waals surface area (Å²) < 4.78 is 0. The maximum Gasteiger partial charge on any atom is 0.114 e. The molecule has 1 unspecified atom stereocenters. The van der Waals surface area contributed by atoms with Crippen molar-refractivity contribution in [1.82, 2.24) is 4.90 Å². The van der Waals surface area contributed by atoms with Crippen LogP contribution >= 0.6 is 0 Å². The van der Waals surface area contributed by atoms with Crippen LogP contribution < -0.4 is 5.32 Å². The number of aliphatic imine (C=N–C) groups is 1. The van der Waals surface area contributed by atoms with Crippen LogP contribution in [-0.2, 0) is 0 Å². The topological polar surface area (TPSA) is 27.6 Å². The third kappa shape index (κ3) is 16.0. The highest BCUT2D eigenvalue weighted by Gasteiger charge is 2.20.